The highest BCUT2D eigenvalue weighted by Crippen LogP contribution is 2.12. The van der Waals surface area contributed by atoms with Gasteiger partial charge in [-0.05, 0) is 36.2 Å². The highest BCUT2D eigenvalue weighted by Gasteiger charge is 2.20. The van der Waals surface area contributed by atoms with Gasteiger partial charge in [-0.3, -0.25) is 9.69 Å². The van der Waals surface area contributed by atoms with Gasteiger partial charge in [-0.25, -0.2) is 4.39 Å². The number of para-hydroxylation sites is 1. The second-order valence-electron chi connectivity index (χ2n) is 6.55. The molecule has 2 aromatic carbocycles. The molecular weight excluding hydrogens is 331 g/mol. The molecule has 0 atom stereocenters. The van der Waals surface area contributed by atoms with E-state index in [4.69, 9.17) is 4.74 Å². The molecule has 1 fully saturated rings. The molecule has 0 bridgehead atoms. The van der Waals surface area contributed by atoms with Gasteiger partial charge in [0.2, 0.25) is 5.91 Å². The van der Waals surface area contributed by atoms with E-state index in [1.165, 1.54) is 12.1 Å². The largest absolute Gasteiger partial charge is 0.494 e. The fourth-order valence-electron chi connectivity index (χ4n) is 3.09. The normalized spacial score (nSPS) is 15.0. The molecule has 0 aromatic heterocycles. The van der Waals surface area contributed by atoms with E-state index in [9.17, 15) is 9.18 Å². The number of benzene rings is 2. The lowest BCUT2D eigenvalue weighted by Gasteiger charge is -2.34. The van der Waals surface area contributed by atoms with Gasteiger partial charge in [-0.1, -0.05) is 30.3 Å². The predicted molar refractivity (Wildman–Crippen MR) is 99.4 cm³/mol. The number of hydrogen-bond acceptors (Lipinski definition) is 3. The number of halogens is 1. The minimum Gasteiger partial charge on any atom is -0.494 e. The van der Waals surface area contributed by atoms with Crippen LogP contribution < -0.4 is 4.74 Å². The van der Waals surface area contributed by atoms with Crippen molar-refractivity contribution in [2.45, 2.75) is 19.4 Å². The van der Waals surface area contributed by atoms with Crippen molar-refractivity contribution < 1.29 is 13.9 Å². The fourth-order valence-corrected chi connectivity index (χ4v) is 3.09. The zero-order chi connectivity index (χ0) is 18.2. The number of piperazine rings is 1. The van der Waals surface area contributed by atoms with Crippen LogP contribution in [0.3, 0.4) is 0 Å². The fraction of sp³-hybridized carbons (Fsp3) is 0.381. The lowest BCUT2D eigenvalue weighted by atomic mass is 10.2. The van der Waals surface area contributed by atoms with Gasteiger partial charge in [0.25, 0.3) is 0 Å². The maximum Gasteiger partial charge on any atom is 0.222 e. The van der Waals surface area contributed by atoms with Crippen molar-refractivity contribution in [1.29, 1.82) is 0 Å². The Labute approximate surface area is 154 Å². The van der Waals surface area contributed by atoms with E-state index in [0.29, 0.717) is 13.0 Å². The van der Waals surface area contributed by atoms with Crippen LogP contribution in [0.4, 0.5) is 4.39 Å². The maximum atomic E-state index is 13.0. The van der Waals surface area contributed by atoms with E-state index < -0.39 is 0 Å². The summed E-state index contributed by atoms with van der Waals surface area (Å²) in [6.07, 6.45) is 1.24. The lowest BCUT2D eigenvalue weighted by Crippen LogP contribution is -2.48. The third-order valence-corrected chi connectivity index (χ3v) is 4.59. The van der Waals surface area contributed by atoms with E-state index in [2.05, 4.69) is 4.90 Å². The Bertz CT molecular complexity index is 683. The minimum atomic E-state index is -0.208. The van der Waals surface area contributed by atoms with Crippen LogP contribution in [0.1, 0.15) is 18.4 Å². The molecule has 26 heavy (non-hydrogen) atoms. The lowest BCUT2D eigenvalue weighted by molar-refractivity contribution is -0.133. The van der Waals surface area contributed by atoms with Crippen LogP contribution in [0.25, 0.3) is 0 Å². The van der Waals surface area contributed by atoms with Crippen molar-refractivity contribution in [1.82, 2.24) is 9.80 Å². The summed E-state index contributed by atoms with van der Waals surface area (Å²) in [5, 5.41) is 0. The number of carbonyl (C=O) groups excluding carboxylic acids is 1. The standard InChI is InChI=1S/C21H25FN2O2/c22-19-10-8-18(9-11-19)17-23-12-14-24(15-13-23)21(25)7-4-16-26-20-5-2-1-3-6-20/h1-3,5-6,8-11H,4,7,12-17H2. The Morgan fingerprint density at radius 1 is 0.962 bits per heavy atom. The van der Waals surface area contributed by atoms with Gasteiger partial charge >= 0.3 is 0 Å². The first-order valence-corrected chi connectivity index (χ1v) is 9.13. The summed E-state index contributed by atoms with van der Waals surface area (Å²) in [7, 11) is 0. The van der Waals surface area contributed by atoms with Gasteiger partial charge in [-0.15, -0.1) is 0 Å². The van der Waals surface area contributed by atoms with E-state index in [-0.39, 0.29) is 11.7 Å². The average Bonchev–Trinajstić information content (AvgIpc) is 2.68. The molecule has 0 N–H and O–H groups in total. The number of rotatable bonds is 7. The molecule has 3 rings (SSSR count). The summed E-state index contributed by atoms with van der Waals surface area (Å²) in [6, 6.07) is 16.3. The molecule has 5 heteroatoms. The van der Waals surface area contributed by atoms with Gasteiger partial charge in [0, 0.05) is 39.1 Å². The van der Waals surface area contributed by atoms with Crippen LogP contribution in [0.2, 0.25) is 0 Å². The summed E-state index contributed by atoms with van der Waals surface area (Å²) in [6.45, 7) is 4.56. The topological polar surface area (TPSA) is 32.8 Å². The zero-order valence-corrected chi connectivity index (χ0v) is 14.9. The van der Waals surface area contributed by atoms with Gasteiger partial charge in [0.05, 0.1) is 6.61 Å². The molecule has 1 aliphatic heterocycles. The molecule has 4 nitrogen and oxygen atoms in total. The minimum absolute atomic E-state index is 0.197. The SMILES string of the molecule is O=C(CCCOc1ccccc1)N1CCN(Cc2ccc(F)cc2)CC1. The van der Waals surface area contributed by atoms with Gasteiger partial charge in [0.1, 0.15) is 11.6 Å². The Hall–Kier alpha value is -2.40. The van der Waals surface area contributed by atoms with E-state index >= 15 is 0 Å². The zero-order valence-electron chi connectivity index (χ0n) is 14.9. The van der Waals surface area contributed by atoms with Gasteiger partial charge in [-0.2, -0.15) is 0 Å². The van der Waals surface area contributed by atoms with Crippen molar-refractivity contribution in [3.63, 3.8) is 0 Å². The van der Waals surface area contributed by atoms with Crippen LogP contribution in [-0.4, -0.2) is 48.5 Å². The molecule has 0 spiro atoms. The highest BCUT2D eigenvalue weighted by atomic mass is 19.1. The molecule has 0 aliphatic carbocycles. The molecule has 0 unspecified atom stereocenters. The predicted octanol–water partition coefficient (Wildman–Crippen LogP) is 3.33. The van der Waals surface area contributed by atoms with Crippen LogP contribution >= 0.6 is 0 Å². The Kier molecular flexibility index (Phi) is 6.61. The van der Waals surface area contributed by atoms with Gasteiger partial charge in [0.15, 0.2) is 0 Å². The van der Waals surface area contributed by atoms with Crippen LogP contribution in [0.5, 0.6) is 5.75 Å². The highest BCUT2D eigenvalue weighted by molar-refractivity contribution is 5.76. The number of nitrogens with zero attached hydrogens (tertiary/aromatic N) is 2. The summed E-state index contributed by atoms with van der Waals surface area (Å²) in [5.41, 5.74) is 1.10. The smallest absolute Gasteiger partial charge is 0.222 e. The first-order chi connectivity index (χ1) is 12.7. The first-order valence-electron chi connectivity index (χ1n) is 9.13. The number of carbonyl (C=O) groups is 1. The molecule has 0 radical (unpaired) electrons. The molecule has 1 saturated heterocycles. The maximum absolute atomic E-state index is 13.0. The number of ether oxygens (including phenoxy) is 1. The molecule has 2 aromatic rings. The van der Waals surface area contributed by atoms with Crippen molar-refractivity contribution in [3.8, 4) is 5.75 Å². The van der Waals surface area contributed by atoms with E-state index in [1.54, 1.807) is 0 Å². The number of hydrogen-bond donors (Lipinski definition) is 0. The van der Waals surface area contributed by atoms with Crippen LogP contribution in [0, 0.1) is 5.82 Å². The Balaban J connectivity index is 1.33. The summed E-state index contributed by atoms with van der Waals surface area (Å²) in [4.78, 5) is 16.6. The summed E-state index contributed by atoms with van der Waals surface area (Å²) < 4.78 is 18.6. The number of amides is 1. The van der Waals surface area contributed by atoms with Gasteiger partial charge < -0.3 is 9.64 Å². The van der Waals surface area contributed by atoms with Crippen molar-refractivity contribution >= 4 is 5.91 Å². The average molecular weight is 356 g/mol. The molecule has 1 heterocycles. The second-order valence-corrected chi connectivity index (χ2v) is 6.55. The van der Waals surface area contributed by atoms with E-state index in [0.717, 1.165) is 50.5 Å². The van der Waals surface area contributed by atoms with Crippen LogP contribution in [0.15, 0.2) is 54.6 Å². The summed E-state index contributed by atoms with van der Waals surface area (Å²) in [5.74, 6) is 0.831. The quantitative estimate of drug-likeness (QED) is 0.714. The molecular formula is C21H25FN2O2. The molecule has 0 saturated carbocycles. The second kappa shape index (κ2) is 9.34. The van der Waals surface area contributed by atoms with Crippen molar-refractivity contribution in [3.05, 3.63) is 66.0 Å². The molecule has 1 aliphatic rings. The monoisotopic (exact) mass is 356 g/mol. The molecule has 138 valence electrons. The Morgan fingerprint density at radius 2 is 1.65 bits per heavy atom. The van der Waals surface area contributed by atoms with Crippen molar-refractivity contribution in [2.24, 2.45) is 0 Å². The third-order valence-electron chi connectivity index (χ3n) is 4.59. The summed E-state index contributed by atoms with van der Waals surface area (Å²) >= 11 is 0. The van der Waals surface area contributed by atoms with E-state index in [1.807, 2.05) is 47.4 Å². The van der Waals surface area contributed by atoms with Crippen LogP contribution in [-0.2, 0) is 11.3 Å². The Morgan fingerprint density at radius 3 is 2.35 bits per heavy atom. The third kappa shape index (κ3) is 5.56. The van der Waals surface area contributed by atoms with Crippen molar-refractivity contribution in [2.75, 3.05) is 32.8 Å². The molecule has 1 amide bonds. The first kappa shape index (κ1) is 18.4.